The second-order valence-electron chi connectivity index (χ2n) is 5.36. The summed E-state index contributed by atoms with van der Waals surface area (Å²) in [5.74, 6) is -0.551. The van der Waals surface area contributed by atoms with Crippen molar-refractivity contribution in [2.45, 2.75) is 12.5 Å². The summed E-state index contributed by atoms with van der Waals surface area (Å²) in [6.45, 7) is 1.27. The SMILES string of the molecule is COCC(C)(NC(=O)C1=Cc2cccc(OC)c2OC1)C(=O)O. The van der Waals surface area contributed by atoms with Crippen molar-refractivity contribution in [1.29, 1.82) is 0 Å². The number of methoxy groups -OCH3 is 2. The number of carbonyl (C=O) groups is 2. The number of ether oxygens (including phenoxy) is 3. The van der Waals surface area contributed by atoms with Crippen LogP contribution >= 0.6 is 0 Å². The standard InChI is InChI=1S/C16H19NO6/c1-16(9-21-2,15(19)20)17-14(18)11-7-10-5-4-6-12(22-3)13(10)23-8-11/h4-7H,8-9H2,1-3H3,(H,17,18)(H,19,20). The maximum Gasteiger partial charge on any atom is 0.331 e. The Bertz CT molecular complexity index is 654. The van der Waals surface area contributed by atoms with E-state index in [9.17, 15) is 14.7 Å². The summed E-state index contributed by atoms with van der Waals surface area (Å²) >= 11 is 0. The number of carboxylic acid groups (broad SMARTS) is 1. The molecule has 7 nitrogen and oxygen atoms in total. The van der Waals surface area contributed by atoms with Crippen molar-refractivity contribution in [1.82, 2.24) is 5.32 Å². The largest absolute Gasteiger partial charge is 0.493 e. The number of rotatable bonds is 6. The molecule has 0 saturated carbocycles. The molecule has 0 aromatic heterocycles. The van der Waals surface area contributed by atoms with E-state index in [1.165, 1.54) is 21.1 Å². The minimum atomic E-state index is -1.51. The highest BCUT2D eigenvalue weighted by Gasteiger charge is 2.36. The van der Waals surface area contributed by atoms with Crippen LogP contribution in [0.4, 0.5) is 0 Å². The number of fused-ring (bicyclic) bond motifs is 1. The van der Waals surface area contributed by atoms with E-state index in [0.717, 1.165) is 0 Å². The maximum absolute atomic E-state index is 12.3. The Morgan fingerprint density at radius 3 is 2.74 bits per heavy atom. The number of aliphatic carboxylic acids is 1. The summed E-state index contributed by atoms with van der Waals surface area (Å²) < 4.78 is 15.7. The molecule has 1 aliphatic heterocycles. The highest BCUT2D eigenvalue weighted by molar-refractivity contribution is 6.01. The first-order valence-corrected chi connectivity index (χ1v) is 6.96. The highest BCUT2D eigenvalue weighted by Crippen LogP contribution is 2.35. The third kappa shape index (κ3) is 3.45. The van der Waals surface area contributed by atoms with Crippen molar-refractivity contribution >= 4 is 18.0 Å². The van der Waals surface area contributed by atoms with E-state index >= 15 is 0 Å². The Morgan fingerprint density at radius 2 is 2.13 bits per heavy atom. The van der Waals surface area contributed by atoms with Gasteiger partial charge in [-0.2, -0.15) is 0 Å². The monoisotopic (exact) mass is 321 g/mol. The summed E-state index contributed by atoms with van der Waals surface area (Å²) in [6.07, 6.45) is 1.66. The topological polar surface area (TPSA) is 94.1 Å². The number of hydrogen-bond donors (Lipinski definition) is 2. The first-order valence-electron chi connectivity index (χ1n) is 6.96. The van der Waals surface area contributed by atoms with Crippen LogP contribution in [-0.4, -0.2) is 50.0 Å². The van der Waals surface area contributed by atoms with Gasteiger partial charge in [0.25, 0.3) is 5.91 Å². The van der Waals surface area contributed by atoms with Crippen molar-refractivity contribution in [3.05, 3.63) is 29.3 Å². The fourth-order valence-electron chi connectivity index (χ4n) is 2.24. The molecule has 23 heavy (non-hydrogen) atoms. The van der Waals surface area contributed by atoms with E-state index in [1.54, 1.807) is 24.3 Å². The van der Waals surface area contributed by atoms with E-state index in [2.05, 4.69) is 5.32 Å². The van der Waals surface area contributed by atoms with Gasteiger partial charge in [-0.15, -0.1) is 0 Å². The lowest BCUT2D eigenvalue weighted by Crippen LogP contribution is -2.56. The molecule has 1 amide bonds. The lowest BCUT2D eigenvalue weighted by Gasteiger charge is -2.27. The molecule has 1 atom stereocenters. The summed E-state index contributed by atoms with van der Waals surface area (Å²) in [7, 11) is 2.91. The molecule has 2 rings (SSSR count). The van der Waals surface area contributed by atoms with Gasteiger partial charge >= 0.3 is 5.97 Å². The number of benzene rings is 1. The van der Waals surface area contributed by atoms with Gasteiger partial charge in [-0.3, -0.25) is 4.79 Å². The van der Waals surface area contributed by atoms with Gasteiger partial charge in [0.05, 0.1) is 19.3 Å². The van der Waals surface area contributed by atoms with Crippen molar-refractivity contribution in [2.24, 2.45) is 0 Å². The van der Waals surface area contributed by atoms with E-state index in [1.807, 2.05) is 0 Å². The van der Waals surface area contributed by atoms with E-state index in [-0.39, 0.29) is 13.2 Å². The van der Waals surface area contributed by atoms with Crippen LogP contribution in [-0.2, 0) is 14.3 Å². The van der Waals surface area contributed by atoms with Gasteiger partial charge in [0.2, 0.25) is 0 Å². The normalized spacial score (nSPS) is 15.5. The number of carboxylic acids is 1. The number of amides is 1. The quantitative estimate of drug-likeness (QED) is 0.814. The van der Waals surface area contributed by atoms with Crippen molar-refractivity contribution < 1.29 is 28.9 Å². The number of nitrogens with one attached hydrogen (secondary N) is 1. The molecule has 1 aromatic rings. The summed E-state index contributed by atoms with van der Waals surface area (Å²) in [5, 5.41) is 11.8. The Morgan fingerprint density at radius 1 is 1.39 bits per heavy atom. The van der Waals surface area contributed by atoms with Crippen LogP contribution in [0.25, 0.3) is 6.08 Å². The van der Waals surface area contributed by atoms with Gasteiger partial charge in [0.1, 0.15) is 6.61 Å². The summed E-state index contributed by atoms with van der Waals surface area (Å²) in [5.41, 5.74) is -0.486. The molecule has 2 N–H and O–H groups in total. The average molecular weight is 321 g/mol. The zero-order valence-corrected chi connectivity index (χ0v) is 13.2. The van der Waals surface area contributed by atoms with Crippen molar-refractivity contribution in [3.8, 4) is 11.5 Å². The molecule has 0 bridgehead atoms. The first-order chi connectivity index (χ1) is 10.9. The zero-order chi connectivity index (χ0) is 17.0. The first kappa shape index (κ1) is 16.8. The minimum Gasteiger partial charge on any atom is -0.493 e. The van der Waals surface area contributed by atoms with Gasteiger partial charge in [-0.25, -0.2) is 4.79 Å². The van der Waals surface area contributed by atoms with Crippen LogP contribution in [0.5, 0.6) is 11.5 Å². The zero-order valence-electron chi connectivity index (χ0n) is 13.2. The fraction of sp³-hybridized carbons (Fsp3) is 0.375. The molecule has 1 heterocycles. The summed E-state index contributed by atoms with van der Waals surface area (Å²) in [4.78, 5) is 23.7. The third-order valence-electron chi connectivity index (χ3n) is 3.52. The maximum atomic E-state index is 12.3. The Kier molecular flexibility index (Phi) is 4.90. The lowest BCUT2D eigenvalue weighted by atomic mass is 10.0. The molecule has 0 saturated heterocycles. The van der Waals surface area contributed by atoms with Gasteiger partial charge in [0, 0.05) is 12.7 Å². The molecule has 0 aliphatic carbocycles. The number of hydrogen-bond acceptors (Lipinski definition) is 5. The van der Waals surface area contributed by atoms with Gasteiger partial charge in [0.15, 0.2) is 17.0 Å². The number of carbonyl (C=O) groups excluding carboxylic acids is 1. The van der Waals surface area contributed by atoms with Gasteiger partial charge in [-0.05, 0) is 19.1 Å². The number of para-hydroxylation sites is 1. The molecule has 0 radical (unpaired) electrons. The molecular formula is C16H19NO6. The highest BCUT2D eigenvalue weighted by atomic mass is 16.5. The molecule has 1 unspecified atom stereocenters. The van der Waals surface area contributed by atoms with Crippen molar-refractivity contribution in [2.75, 3.05) is 27.4 Å². The van der Waals surface area contributed by atoms with Crippen LogP contribution in [0.2, 0.25) is 0 Å². The molecule has 0 spiro atoms. The van der Waals surface area contributed by atoms with Gasteiger partial charge in [-0.1, -0.05) is 12.1 Å². The smallest absolute Gasteiger partial charge is 0.331 e. The fourth-order valence-corrected chi connectivity index (χ4v) is 2.24. The van der Waals surface area contributed by atoms with Crippen LogP contribution in [0.1, 0.15) is 12.5 Å². The minimum absolute atomic E-state index is 0.0297. The molecule has 1 aliphatic rings. The van der Waals surface area contributed by atoms with E-state index < -0.39 is 17.4 Å². The second kappa shape index (κ2) is 6.70. The van der Waals surface area contributed by atoms with Crippen molar-refractivity contribution in [3.63, 3.8) is 0 Å². The summed E-state index contributed by atoms with van der Waals surface area (Å²) in [6, 6.07) is 5.33. The second-order valence-corrected chi connectivity index (χ2v) is 5.36. The Hall–Kier alpha value is -2.54. The Balaban J connectivity index is 2.23. The van der Waals surface area contributed by atoms with E-state index in [0.29, 0.717) is 22.6 Å². The predicted molar refractivity (Wildman–Crippen MR) is 82.5 cm³/mol. The third-order valence-corrected chi connectivity index (χ3v) is 3.52. The average Bonchev–Trinajstić information content (AvgIpc) is 2.53. The molecule has 1 aromatic carbocycles. The molecule has 0 fully saturated rings. The van der Waals surface area contributed by atoms with Gasteiger partial charge < -0.3 is 24.6 Å². The van der Waals surface area contributed by atoms with Crippen LogP contribution < -0.4 is 14.8 Å². The van der Waals surface area contributed by atoms with Crippen LogP contribution in [0, 0.1) is 0 Å². The van der Waals surface area contributed by atoms with E-state index in [4.69, 9.17) is 14.2 Å². The predicted octanol–water partition coefficient (Wildman–Crippen LogP) is 1.08. The van der Waals surface area contributed by atoms with Crippen LogP contribution in [0.3, 0.4) is 0 Å². The molecule has 124 valence electrons. The Labute approximate surface area is 133 Å². The molecule has 7 heteroatoms. The van der Waals surface area contributed by atoms with Crippen LogP contribution in [0.15, 0.2) is 23.8 Å². The lowest BCUT2D eigenvalue weighted by molar-refractivity contribution is -0.148. The molecular weight excluding hydrogens is 302 g/mol.